The van der Waals surface area contributed by atoms with Crippen LogP contribution in [0.1, 0.15) is 37.2 Å². The summed E-state index contributed by atoms with van der Waals surface area (Å²) in [6.07, 6.45) is 4.79. The predicted octanol–water partition coefficient (Wildman–Crippen LogP) is 4.60. The summed E-state index contributed by atoms with van der Waals surface area (Å²) >= 11 is 0. The van der Waals surface area contributed by atoms with E-state index in [0.717, 1.165) is 24.1 Å². The minimum Gasteiger partial charge on any atom is -0.326 e. The number of para-hydroxylation sites is 1. The fourth-order valence-electron chi connectivity index (χ4n) is 3.33. The van der Waals surface area contributed by atoms with E-state index in [0.29, 0.717) is 5.92 Å². The van der Waals surface area contributed by atoms with Gasteiger partial charge in [-0.2, -0.15) is 0 Å². The van der Waals surface area contributed by atoms with Crippen molar-refractivity contribution in [2.24, 2.45) is 5.92 Å². The van der Waals surface area contributed by atoms with Crippen molar-refractivity contribution in [1.29, 1.82) is 0 Å². The highest BCUT2D eigenvalue weighted by Crippen LogP contribution is 2.38. The van der Waals surface area contributed by atoms with Crippen molar-refractivity contribution in [1.82, 2.24) is 0 Å². The molecular weight excluding hydrogens is 258 g/mol. The molecule has 0 saturated heterocycles. The van der Waals surface area contributed by atoms with E-state index in [4.69, 9.17) is 0 Å². The molecule has 0 aliphatic heterocycles. The van der Waals surface area contributed by atoms with Crippen LogP contribution in [0.25, 0.3) is 0 Å². The molecule has 2 aromatic carbocycles. The summed E-state index contributed by atoms with van der Waals surface area (Å²) in [4.78, 5) is 12.8. The molecule has 1 atom stereocenters. The molecule has 1 saturated carbocycles. The van der Waals surface area contributed by atoms with Gasteiger partial charge in [-0.3, -0.25) is 4.79 Å². The predicted molar refractivity (Wildman–Crippen MR) is 86.2 cm³/mol. The molecule has 1 fully saturated rings. The molecule has 0 bridgehead atoms. The average Bonchev–Trinajstić information content (AvgIpc) is 3.03. The number of benzene rings is 2. The van der Waals surface area contributed by atoms with Gasteiger partial charge in [0, 0.05) is 5.69 Å². The summed E-state index contributed by atoms with van der Waals surface area (Å²) in [5.74, 6) is 0.560. The minimum absolute atomic E-state index is 0.0334. The first-order valence-electron chi connectivity index (χ1n) is 7.75. The summed E-state index contributed by atoms with van der Waals surface area (Å²) in [5, 5.41) is 3.08. The smallest absolute Gasteiger partial charge is 0.232 e. The molecule has 108 valence electrons. The maximum absolute atomic E-state index is 12.8. The molecule has 0 radical (unpaired) electrons. The van der Waals surface area contributed by atoms with Crippen LogP contribution < -0.4 is 5.32 Å². The lowest BCUT2D eigenvalue weighted by atomic mass is 9.84. The van der Waals surface area contributed by atoms with Gasteiger partial charge < -0.3 is 5.32 Å². The first-order chi connectivity index (χ1) is 10.3. The van der Waals surface area contributed by atoms with Crippen LogP contribution in [0.4, 0.5) is 5.69 Å². The van der Waals surface area contributed by atoms with Crippen LogP contribution in [-0.2, 0) is 4.79 Å². The average molecular weight is 279 g/mol. The van der Waals surface area contributed by atoms with Crippen molar-refractivity contribution in [3.8, 4) is 0 Å². The van der Waals surface area contributed by atoms with Crippen LogP contribution in [0.2, 0.25) is 0 Å². The molecule has 2 aromatic rings. The van der Waals surface area contributed by atoms with Crippen LogP contribution in [-0.4, -0.2) is 5.91 Å². The van der Waals surface area contributed by atoms with Crippen molar-refractivity contribution in [3.63, 3.8) is 0 Å². The number of amides is 1. The maximum atomic E-state index is 12.8. The molecule has 21 heavy (non-hydrogen) atoms. The summed E-state index contributed by atoms with van der Waals surface area (Å²) in [5.41, 5.74) is 2.01. The zero-order valence-corrected chi connectivity index (χ0v) is 12.2. The number of carbonyl (C=O) groups excluding carboxylic acids is 1. The third-order valence-corrected chi connectivity index (χ3v) is 4.35. The van der Waals surface area contributed by atoms with E-state index < -0.39 is 0 Å². The Labute approximate surface area is 126 Å². The number of hydrogen-bond donors (Lipinski definition) is 1. The second-order valence-corrected chi connectivity index (χ2v) is 5.79. The van der Waals surface area contributed by atoms with Crippen LogP contribution in [0, 0.1) is 5.92 Å². The molecule has 0 spiro atoms. The molecule has 1 N–H and O–H groups in total. The van der Waals surface area contributed by atoms with E-state index in [1.807, 2.05) is 48.5 Å². The minimum atomic E-state index is -0.0334. The summed E-state index contributed by atoms with van der Waals surface area (Å²) in [7, 11) is 0. The normalized spacial score (nSPS) is 16.6. The second kappa shape index (κ2) is 6.57. The molecule has 0 aromatic heterocycles. The van der Waals surface area contributed by atoms with Gasteiger partial charge in [-0.05, 0) is 36.5 Å². The first-order valence-corrected chi connectivity index (χ1v) is 7.75. The Balaban J connectivity index is 1.83. The summed E-state index contributed by atoms with van der Waals surface area (Å²) in [6.45, 7) is 0. The van der Waals surface area contributed by atoms with E-state index in [9.17, 15) is 4.79 Å². The zero-order valence-electron chi connectivity index (χ0n) is 12.2. The highest BCUT2D eigenvalue weighted by atomic mass is 16.1. The molecule has 0 heterocycles. The third-order valence-electron chi connectivity index (χ3n) is 4.35. The lowest BCUT2D eigenvalue weighted by Gasteiger charge is -2.23. The molecular formula is C19H21NO. The van der Waals surface area contributed by atoms with Gasteiger partial charge in [-0.25, -0.2) is 0 Å². The number of rotatable bonds is 4. The monoisotopic (exact) mass is 279 g/mol. The second-order valence-electron chi connectivity index (χ2n) is 5.79. The van der Waals surface area contributed by atoms with E-state index in [1.165, 1.54) is 12.8 Å². The van der Waals surface area contributed by atoms with Crippen molar-refractivity contribution < 1.29 is 4.79 Å². The highest BCUT2D eigenvalue weighted by molar-refractivity contribution is 5.96. The fourth-order valence-corrected chi connectivity index (χ4v) is 3.33. The Hall–Kier alpha value is -2.09. The quantitative estimate of drug-likeness (QED) is 0.870. The van der Waals surface area contributed by atoms with Crippen LogP contribution in [0.3, 0.4) is 0 Å². The lowest BCUT2D eigenvalue weighted by molar-refractivity contribution is -0.118. The molecule has 0 unspecified atom stereocenters. The third kappa shape index (κ3) is 3.33. The molecule has 1 aliphatic rings. The van der Waals surface area contributed by atoms with Gasteiger partial charge in [-0.15, -0.1) is 0 Å². The molecule has 2 heteroatoms. The summed E-state index contributed by atoms with van der Waals surface area (Å²) in [6, 6.07) is 19.9. The Bertz CT molecular complexity index is 573. The topological polar surface area (TPSA) is 29.1 Å². The summed E-state index contributed by atoms with van der Waals surface area (Å²) < 4.78 is 0. The largest absolute Gasteiger partial charge is 0.326 e. The van der Waals surface area contributed by atoms with Gasteiger partial charge in [-0.1, -0.05) is 61.4 Å². The fraction of sp³-hybridized carbons (Fsp3) is 0.316. The van der Waals surface area contributed by atoms with Gasteiger partial charge >= 0.3 is 0 Å². The first kappa shape index (κ1) is 13.9. The van der Waals surface area contributed by atoms with E-state index in [1.54, 1.807) is 0 Å². The van der Waals surface area contributed by atoms with Crippen LogP contribution in [0.15, 0.2) is 60.7 Å². The van der Waals surface area contributed by atoms with Gasteiger partial charge in [0.1, 0.15) is 0 Å². The Morgan fingerprint density at radius 1 is 0.905 bits per heavy atom. The van der Waals surface area contributed by atoms with E-state index in [-0.39, 0.29) is 11.8 Å². The zero-order chi connectivity index (χ0) is 14.5. The van der Waals surface area contributed by atoms with Crippen molar-refractivity contribution in [2.45, 2.75) is 31.6 Å². The number of carbonyl (C=O) groups is 1. The van der Waals surface area contributed by atoms with Crippen molar-refractivity contribution >= 4 is 11.6 Å². The van der Waals surface area contributed by atoms with Gasteiger partial charge in [0.05, 0.1) is 5.92 Å². The van der Waals surface area contributed by atoms with Crippen molar-refractivity contribution in [2.75, 3.05) is 5.32 Å². The molecule has 1 amide bonds. The van der Waals surface area contributed by atoms with Gasteiger partial charge in [0.2, 0.25) is 5.91 Å². The number of anilines is 1. The van der Waals surface area contributed by atoms with Crippen LogP contribution in [0.5, 0.6) is 0 Å². The molecule has 1 aliphatic carbocycles. The van der Waals surface area contributed by atoms with Crippen LogP contribution >= 0.6 is 0 Å². The van der Waals surface area contributed by atoms with E-state index in [2.05, 4.69) is 17.4 Å². The van der Waals surface area contributed by atoms with E-state index >= 15 is 0 Å². The Morgan fingerprint density at radius 3 is 2.10 bits per heavy atom. The maximum Gasteiger partial charge on any atom is 0.232 e. The lowest BCUT2D eigenvalue weighted by Crippen LogP contribution is -2.26. The Kier molecular flexibility index (Phi) is 4.34. The standard InChI is InChI=1S/C19H21NO/c21-19(20-17-13-5-2-6-14-17)18(16-11-7-8-12-16)15-9-3-1-4-10-15/h1-6,9-10,13-14,16,18H,7-8,11-12H2,(H,20,21)/t18-/m0/s1. The number of nitrogens with one attached hydrogen (secondary N) is 1. The Morgan fingerprint density at radius 2 is 1.48 bits per heavy atom. The molecule has 3 rings (SSSR count). The SMILES string of the molecule is O=C(Nc1ccccc1)[C@@H](c1ccccc1)C1CCCC1. The van der Waals surface area contributed by atoms with Gasteiger partial charge in [0.15, 0.2) is 0 Å². The highest BCUT2D eigenvalue weighted by Gasteiger charge is 2.31. The number of hydrogen-bond acceptors (Lipinski definition) is 1. The van der Waals surface area contributed by atoms with Crippen molar-refractivity contribution in [3.05, 3.63) is 66.2 Å². The molecule has 2 nitrogen and oxygen atoms in total. The van der Waals surface area contributed by atoms with Gasteiger partial charge in [0.25, 0.3) is 0 Å².